The first-order valence-electron chi connectivity index (χ1n) is 8.37. The Bertz CT molecular complexity index is 531. The summed E-state index contributed by atoms with van der Waals surface area (Å²) >= 11 is 5.98. The van der Waals surface area contributed by atoms with E-state index in [2.05, 4.69) is 31.3 Å². The van der Waals surface area contributed by atoms with Gasteiger partial charge in [-0.05, 0) is 73.0 Å². The van der Waals surface area contributed by atoms with E-state index >= 15 is 0 Å². The van der Waals surface area contributed by atoms with E-state index in [1.54, 1.807) is 0 Å². The van der Waals surface area contributed by atoms with Crippen LogP contribution in [0.3, 0.4) is 0 Å². The van der Waals surface area contributed by atoms with E-state index in [9.17, 15) is 0 Å². The van der Waals surface area contributed by atoms with Gasteiger partial charge in [0, 0.05) is 17.1 Å². The fraction of sp³-hybridized carbons (Fsp3) is 0.684. The van der Waals surface area contributed by atoms with Crippen LogP contribution < -0.4 is 5.32 Å². The Morgan fingerprint density at radius 3 is 2.19 bits per heavy atom. The lowest BCUT2D eigenvalue weighted by molar-refractivity contribution is -0.118. The minimum Gasteiger partial charge on any atom is -0.307 e. The lowest BCUT2D eigenvalue weighted by Gasteiger charge is -2.65. The van der Waals surface area contributed by atoms with E-state index in [1.807, 2.05) is 12.1 Å². The molecule has 1 nitrogen and oxygen atoms in total. The van der Waals surface area contributed by atoms with Crippen molar-refractivity contribution in [3.63, 3.8) is 0 Å². The lowest BCUT2D eigenvalue weighted by atomic mass is 9.43. The molecule has 0 saturated heterocycles. The molecule has 1 N–H and O–H groups in total. The average Bonchev–Trinajstić information content (AvgIpc) is 2.34. The van der Waals surface area contributed by atoms with Crippen molar-refractivity contribution >= 4 is 11.6 Å². The van der Waals surface area contributed by atoms with Crippen LogP contribution >= 0.6 is 11.6 Å². The molecule has 2 unspecified atom stereocenters. The van der Waals surface area contributed by atoms with Crippen LogP contribution in [-0.4, -0.2) is 5.54 Å². The molecule has 4 saturated carbocycles. The third-order valence-electron chi connectivity index (χ3n) is 6.21. The van der Waals surface area contributed by atoms with Crippen molar-refractivity contribution in [3.8, 4) is 0 Å². The molecule has 2 heteroatoms. The molecule has 4 aliphatic rings. The topological polar surface area (TPSA) is 12.0 Å². The molecule has 0 spiro atoms. The first-order valence-corrected chi connectivity index (χ1v) is 8.75. The Hall–Kier alpha value is -0.530. The number of nitrogens with one attached hydrogen (secondary N) is 1. The number of rotatable bonds is 3. The highest BCUT2D eigenvalue weighted by molar-refractivity contribution is 6.30. The smallest absolute Gasteiger partial charge is 0.0406 e. The standard InChI is InChI=1S/C19H26ClN/c1-17-7-15-8-18(2,11-17)13-19(9-15,12-17)21-10-14-3-5-16(20)6-4-14/h3-6,15,21H,7-13H2,1-2H3/t15?,17-,18+,19?. The average molecular weight is 304 g/mol. The maximum absolute atomic E-state index is 5.98. The van der Waals surface area contributed by atoms with Gasteiger partial charge in [-0.1, -0.05) is 37.6 Å². The molecule has 21 heavy (non-hydrogen) atoms. The molecule has 4 bridgehead atoms. The van der Waals surface area contributed by atoms with Gasteiger partial charge in [0.1, 0.15) is 0 Å². The first-order chi connectivity index (χ1) is 9.88. The van der Waals surface area contributed by atoms with E-state index in [0.29, 0.717) is 16.4 Å². The summed E-state index contributed by atoms with van der Waals surface area (Å²) in [7, 11) is 0. The number of halogens is 1. The summed E-state index contributed by atoms with van der Waals surface area (Å²) in [5, 5.41) is 4.80. The van der Waals surface area contributed by atoms with E-state index < -0.39 is 0 Å². The molecule has 5 rings (SSSR count). The van der Waals surface area contributed by atoms with Crippen molar-refractivity contribution < 1.29 is 0 Å². The van der Waals surface area contributed by atoms with E-state index in [0.717, 1.165) is 17.5 Å². The second kappa shape index (κ2) is 4.49. The Balaban J connectivity index is 1.53. The van der Waals surface area contributed by atoms with E-state index in [-0.39, 0.29) is 0 Å². The third-order valence-corrected chi connectivity index (χ3v) is 6.46. The Labute approximate surface area is 133 Å². The van der Waals surface area contributed by atoms with E-state index in [1.165, 1.54) is 44.1 Å². The first kappa shape index (κ1) is 14.1. The van der Waals surface area contributed by atoms with Gasteiger partial charge < -0.3 is 5.32 Å². The Kier molecular flexibility index (Phi) is 3.01. The predicted octanol–water partition coefficient (Wildman–Crippen LogP) is 5.18. The number of benzene rings is 1. The molecule has 0 amide bonds. The van der Waals surface area contributed by atoms with Crippen LogP contribution in [-0.2, 0) is 6.54 Å². The van der Waals surface area contributed by atoms with Gasteiger partial charge in [-0.15, -0.1) is 0 Å². The van der Waals surface area contributed by atoms with E-state index in [4.69, 9.17) is 11.6 Å². The van der Waals surface area contributed by atoms with Gasteiger partial charge in [0.15, 0.2) is 0 Å². The van der Waals surface area contributed by atoms with Crippen LogP contribution in [0.15, 0.2) is 24.3 Å². The largest absolute Gasteiger partial charge is 0.307 e. The molecule has 0 radical (unpaired) electrons. The fourth-order valence-electron chi connectivity index (χ4n) is 6.54. The normalized spacial score (nSPS) is 44.2. The van der Waals surface area contributed by atoms with Gasteiger partial charge in [0.05, 0.1) is 0 Å². The minimum atomic E-state index is 0.391. The van der Waals surface area contributed by atoms with Crippen LogP contribution in [0.4, 0.5) is 0 Å². The summed E-state index contributed by atoms with van der Waals surface area (Å²) in [6.07, 6.45) is 8.52. The maximum atomic E-state index is 5.98. The van der Waals surface area contributed by atoms with Gasteiger partial charge in [-0.3, -0.25) is 0 Å². The second-order valence-electron chi connectivity index (χ2n) is 8.89. The molecule has 1 aromatic rings. The predicted molar refractivity (Wildman–Crippen MR) is 88.4 cm³/mol. The van der Waals surface area contributed by atoms with Crippen molar-refractivity contribution in [1.29, 1.82) is 0 Å². The quantitative estimate of drug-likeness (QED) is 0.811. The van der Waals surface area contributed by atoms with Crippen LogP contribution in [0.25, 0.3) is 0 Å². The summed E-state index contributed by atoms with van der Waals surface area (Å²) in [6.45, 7) is 6.05. The van der Waals surface area contributed by atoms with Gasteiger partial charge >= 0.3 is 0 Å². The molecule has 4 atom stereocenters. The van der Waals surface area contributed by atoms with Gasteiger partial charge in [-0.25, -0.2) is 0 Å². The molecule has 0 aromatic heterocycles. The lowest BCUT2D eigenvalue weighted by Crippen LogP contribution is -2.63. The number of hydrogen-bond donors (Lipinski definition) is 1. The Morgan fingerprint density at radius 2 is 1.62 bits per heavy atom. The minimum absolute atomic E-state index is 0.391. The van der Waals surface area contributed by atoms with Crippen molar-refractivity contribution in [1.82, 2.24) is 5.32 Å². The zero-order valence-corrected chi connectivity index (χ0v) is 14.0. The van der Waals surface area contributed by atoms with Crippen LogP contribution in [0, 0.1) is 16.7 Å². The van der Waals surface area contributed by atoms with Crippen molar-refractivity contribution in [3.05, 3.63) is 34.9 Å². The molecule has 4 fully saturated rings. The number of hydrogen-bond acceptors (Lipinski definition) is 1. The monoisotopic (exact) mass is 303 g/mol. The molecular formula is C19H26ClN. The molecular weight excluding hydrogens is 278 g/mol. The summed E-state index contributed by atoms with van der Waals surface area (Å²) in [6, 6.07) is 8.31. The SMILES string of the molecule is C[C@]12CC3CC(NCc4ccc(Cl)cc4)(C1)C[C@@](C)(C3)C2. The molecule has 114 valence electrons. The zero-order chi connectivity index (χ0) is 14.7. The van der Waals surface area contributed by atoms with Crippen LogP contribution in [0.5, 0.6) is 0 Å². The van der Waals surface area contributed by atoms with Crippen molar-refractivity contribution in [2.45, 2.75) is 64.5 Å². The highest BCUT2D eigenvalue weighted by Gasteiger charge is 2.59. The maximum Gasteiger partial charge on any atom is 0.0406 e. The van der Waals surface area contributed by atoms with Gasteiger partial charge in [0.2, 0.25) is 0 Å². The molecule has 0 heterocycles. The second-order valence-corrected chi connectivity index (χ2v) is 9.33. The molecule has 0 aliphatic heterocycles. The summed E-state index contributed by atoms with van der Waals surface area (Å²) in [5.74, 6) is 0.953. The zero-order valence-electron chi connectivity index (χ0n) is 13.2. The highest BCUT2D eigenvalue weighted by atomic mass is 35.5. The van der Waals surface area contributed by atoms with Crippen molar-refractivity contribution in [2.24, 2.45) is 16.7 Å². The van der Waals surface area contributed by atoms with Gasteiger partial charge in [0.25, 0.3) is 0 Å². The van der Waals surface area contributed by atoms with Crippen LogP contribution in [0.1, 0.15) is 57.9 Å². The Morgan fingerprint density at radius 1 is 1.00 bits per heavy atom. The summed E-state index contributed by atoms with van der Waals surface area (Å²) in [5.41, 5.74) is 2.91. The molecule has 4 aliphatic carbocycles. The third kappa shape index (κ3) is 2.53. The summed E-state index contributed by atoms with van der Waals surface area (Å²) < 4.78 is 0. The fourth-order valence-corrected chi connectivity index (χ4v) is 6.66. The van der Waals surface area contributed by atoms with Crippen LogP contribution in [0.2, 0.25) is 5.02 Å². The summed E-state index contributed by atoms with van der Waals surface area (Å²) in [4.78, 5) is 0. The molecule has 1 aromatic carbocycles. The van der Waals surface area contributed by atoms with Crippen molar-refractivity contribution in [2.75, 3.05) is 0 Å². The van der Waals surface area contributed by atoms with Gasteiger partial charge in [-0.2, -0.15) is 0 Å². The highest BCUT2D eigenvalue weighted by Crippen LogP contribution is 2.66.